The Morgan fingerprint density at radius 1 is 0.963 bits per heavy atom. The lowest BCUT2D eigenvalue weighted by Gasteiger charge is -2.19. The molecule has 1 unspecified atom stereocenters. The summed E-state index contributed by atoms with van der Waals surface area (Å²) in [5.74, 6) is 0.0718. The van der Waals surface area contributed by atoms with Gasteiger partial charge in [0, 0.05) is 16.3 Å². The van der Waals surface area contributed by atoms with E-state index in [1.54, 1.807) is 34.0 Å². The number of nitrogens with zero attached hydrogens (tertiary/aromatic N) is 1. The molecule has 6 heteroatoms. The van der Waals surface area contributed by atoms with Crippen LogP contribution in [0.3, 0.4) is 0 Å². The van der Waals surface area contributed by atoms with E-state index in [-0.39, 0.29) is 11.8 Å². The molecule has 2 amide bonds. The van der Waals surface area contributed by atoms with Crippen molar-refractivity contribution in [2.24, 2.45) is 5.92 Å². The van der Waals surface area contributed by atoms with Gasteiger partial charge in [-0.3, -0.25) is 14.5 Å². The van der Waals surface area contributed by atoms with Crippen molar-refractivity contribution < 1.29 is 9.59 Å². The van der Waals surface area contributed by atoms with E-state index in [2.05, 4.69) is 13.8 Å². The molecule has 0 saturated carbocycles. The number of unbranched alkanes of at least 4 members (excludes halogenated alkanes) is 1. The molecule has 3 aromatic rings. The maximum atomic E-state index is 13.2. The molecule has 1 aliphatic rings. The van der Waals surface area contributed by atoms with Crippen LogP contribution in [0.25, 0.3) is 19.5 Å². The maximum Gasteiger partial charge on any atom is 0.263 e. The van der Waals surface area contributed by atoms with Crippen LogP contribution in [0, 0.1) is 5.92 Å². The van der Waals surface area contributed by atoms with E-state index in [1.165, 1.54) is 4.90 Å². The Kier molecular flexibility index (Phi) is 5.30. The fraction of sp³-hybridized carbons (Fsp3) is 0.333. The first kappa shape index (κ1) is 18.6. The van der Waals surface area contributed by atoms with Gasteiger partial charge < -0.3 is 0 Å². The van der Waals surface area contributed by atoms with Gasteiger partial charge in [-0.2, -0.15) is 0 Å². The van der Waals surface area contributed by atoms with Gasteiger partial charge in [0.15, 0.2) is 0 Å². The van der Waals surface area contributed by atoms with Crippen LogP contribution in [0.4, 0.5) is 0 Å². The van der Waals surface area contributed by atoms with Crippen molar-refractivity contribution >= 4 is 45.8 Å². The summed E-state index contributed by atoms with van der Waals surface area (Å²) in [7, 11) is 0. The second kappa shape index (κ2) is 7.70. The van der Waals surface area contributed by atoms with Gasteiger partial charge in [0.1, 0.15) is 0 Å². The average Bonchev–Trinajstić information content (AvgIpc) is 3.43. The number of hydrogen-bond donors (Lipinski definition) is 0. The van der Waals surface area contributed by atoms with E-state index < -0.39 is 0 Å². The normalized spacial score (nSPS) is 14.8. The molecule has 3 nitrogen and oxygen atoms in total. The zero-order chi connectivity index (χ0) is 19.0. The third kappa shape index (κ3) is 3.30. The van der Waals surface area contributed by atoms with Crippen molar-refractivity contribution in [3.63, 3.8) is 0 Å². The number of hydrogen-bond acceptors (Lipinski definition) is 5. The minimum Gasteiger partial charge on any atom is -0.274 e. The molecule has 4 rings (SSSR count). The summed E-state index contributed by atoms with van der Waals surface area (Å²) in [6.07, 6.45) is 3.29. The predicted octanol–water partition coefficient (Wildman–Crippen LogP) is 6.63. The zero-order valence-corrected chi connectivity index (χ0v) is 17.8. The molecule has 1 atom stereocenters. The standard InChI is InChI=1S/C21H21NO2S3/c1-3-4-7-13(2)12-22-20(23)16-17(21(22)24)19(15-9-6-11-26-15)27-18(16)14-8-5-10-25-14/h5-6,8-11,13H,3-4,7,12H2,1-2H3. The van der Waals surface area contributed by atoms with E-state index in [4.69, 9.17) is 0 Å². The number of carbonyl (C=O) groups excluding carboxylic acids is 2. The van der Waals surface area contributed by atoms with Crippen molar-refractivity contribution in [2.45, 2.75) is 33.1 Å². The van der Waals surface area contributed by atoms with Crippen LogP contribution in [0.2, 0.25) is 0 Å². The summed E-state index contributed by atoms with van der Waals surface area (Å²) in [5, 5.41) is 4.02. The summed E-state index contributed by atoms with van der Waals surface area (Å²) in [6.45, 7) is 4.80. The van der Waals surface area contributed by atoms with Crippen molar-refractivity contribution in [2.75, 3.05) is 6.54 Å². The third-order valence-corrected chi connectivity index (χ3v) is 8.15. The molecule has 0 N–H and O–H groups in total. The second-order valence-electron chi connectivity index (χ2n) is 6.93. The molecule has 0 aliphatic carbocycles. The Bertz CT molecular complexity index is 885. The average molecular weight is 416 g/mol. The quantitative estimate of drug-likeness (QED) is 0.406. The number of carbonyl (C=O) groups is 2. The highest BCUT2D eigenvalue weighted by Gasteiger charge is 2.42. The van der Waals surface area contributed by atoms with Gasteiger partial charge in [-0.05, 0) is 35.2 Å². The lowest BCUT2D eigenvalue weighted by atomic mass is 10.0. The van der Waals surface area contributed by atoms with Gasteiger partial charge in [0.05, 0.1) is 20.9 Å². The van der Waals surface area contributed by atoms with Crippen molar-refractivity contribution in [1.82, 2.24) is 4.90 Å². The molecule has 4 heterocycles. The van der Waals surface area contributed by atoms with E-state index in [1.807, 2.05) is 35.0 Å². The number of fused-ring (bicyclic) bond motifs is 1. The molecule has 0 aromatic carbocycles. The molecule has 140 valence electrons. The lowest BCUT2D eigenvalue weighted by molar-refractivity contribution is 0.0630. The van der Waals surface area contributed by atoms with E-state index in [0.29, 0.717) is 23.6 Å². The molecular formula is C21H21NO2S3. The SMILES string of the molecule is CCCCC(C)CN1C(=O)c2c(-c3cccs3)sc(-c3cccs3)c2C1=O. The topological polar surface area (TPSA) is 37.4 Å². The summed E-state index contributed by atoms with van der Waals surface area (Å²) in [6, 6.07) is 8.03. The van der Waals surface area contributed by atoms with Crippen LogP contribution in [-0.4, -0.2) is 23.3 Å². The van der Waals surface area contributed by atoms with Gasteiger partial charge in [0.25, 0.3) is 11.8 Å². The number of thiophene rings is 3. The Morgan fingerprint density at radius 2 is 1.52 bits per heavy atom. The molecule has 1 aliphatic heterocycles. The Balaban J connectivity index is 1.76. The van der Waals surface area contributed by atoms with E-state index >= 15 is 0 Å². The first-order valence-electron chi connectivity index (χ1n) is 9.22. The molecule has 0 bridgehead atoms. The van der Waals surface area contributed by atoms with Crippen LogP contribution >= 0.6 is 34.0 Å². The zero-order valence-electron chi connectivity index (χ0n) is 15.4. The van der Waals surface area contributed by atoms with Crippen molar-refractivity contribution in [3.8, 4) is 19.5 Å². The smallest absolute Gasteiger partial charge is 0.263 e. The minimum atomic E-state index is -0.124. The van der Waals surface area contributed by atoms with Crippen molar-refractivity contribution in [1.29, 1.82) is 0 Å². The highest BCUT2D eigenvalue weighted by molar-refractivity contribution is 7.26. The summed E-state index contributed by atoms with van der Waals surface area (Å²) >= 11 is 4.80. The predicted molar refractivity (Wildman–Crippen MR) is 115 cm³/mol. The van der Waals surface area contributed by atoms with Gasteiger partial charge in [-0.1, -0.05) is 38.8 Å². The highest BCUT2D eigenvalue weighted by atomic mass is 32.1. The summed E-state index contributed by atoms with van der Waals surface area (Å²) < 4.78 is 0. The van der Waals surface area contributed by atoms with Crippen LogP contribution in [0.1, 0.15) is 53.8 Å². The Morgan fingerprint density at radius 3 is 1.96 bits per heavy atom. The largest absolute Gasteiger partial charge is 0.274 e. The molecule has 0 radical (unpaired) electrons. The van der Waals surface area contributed by atoms with Crippen LogP contribution in [-0.2, 0) is 0 Å². The van der Waals surface area contributed by atoms with Gasteiger partial charge >= 0.3 is 0 Å². The molecular weight excluding hydrogens is 394 g/mol. The summed E-state index contributed by atoms with van der Waals surface area (Å²) in [4.78, 5) is 31.9. The van der Waals surface area contributed by atoms with Crippen LogP contribution in [0.15, 0.2) is 35.0 Å². The molecule has 0 saturated heterocycles. The van der Waals surface area contributed by atoms with E-state index in [9.17, 15) is 9.59 Å². The number of amides is 2. The lowest BCUT2D eigenvalue weighted by Crippen LogP contribution is -2.34. The molecule has 0 fully saturated rings. The first-order valence-corrected chi connectivity index (χ1v) is 11.8. The first-order chi connectivity index (χ1) is 13.1. The monoisotopic (exact) mass is 415 g/mol. The number of rotatable bonds is 7. The maximum absolute atomic E-state index is 13.2. The fourth-order valence-corrected chi connectivity index (χ4v) is 6.49. The highest BCUT2D eigenvalue weighted by Crippen LogP contribution is 2.48. The van der Waals surface area contributed by atoms with Gasteiger partial charge in [-0.25, -0.2) is 0 Å². The van der Waals surface area contributed by atoms with Gasteiger partial charge in [-0.15, -0.1) is 34.0 Å². The van der Waals surface area contributed by atoms with Crippen molar-refractivity contribution in [3.05, 3.63) is 46.2 Å². The second-order valence-corrected chi connectivity index (χ2v) is 9.85. The Labute approximate surface area is 171 Å². The molecule has 3 aromatic heterocycles. The Hall–Kier alpha value is -1.76. The van der Waals surface area contributed by atoms with Crippen LogP contribution in [0.5, 0.6) is 0 Å². The molecule has 27 heavy (non-hydrogen) atoms. The fourth-order valence-electron chi connectivity index (χ4n) is 3.49. The summed E-state index contributed by atoms with van der Waals surface area (Å²) in [5.41, 5.74) is 1.22. The minimum absolute atomic E-state index is 0.124. The molecule has 0 spiro atoms. The van der Waals surface area contributed by atoms with Gasteiger partial charge in [0.2, 0.25) is 0 Å². The van der Waals surface area contributed by atoms with E-state index in [0.717, 1.165) is 38.8 Å². The third-order valence-electron chi connectivity index (χ3n) is 4.86. The van der Waals surface area contributed by atoms with Crippen LogP contribution < -0.4 is 0 Å². The number of imide groups is 1.